The first-order valence-electron chi connectivity index (χ1n) is 7.28. The van der Waals surface area contributed by atoms with E-state index in [1.54, 1.807) is 22.6 Å². The van der Waals surface area contributed by atoms with Gasteiger partial charge in [-0.25, -0.2) is 8.42 Å². The zero-order valence-corrected chi connectivity index (χ0v) is 13.2. The number of hydrogen-bond acceptors (Lipinski definition) is 3. The maximum atomic E-state index is 13.0. The monoisotopic (exact) mass is 307 g/mol. The molecule has 0 spiro atoms. The Morgan fingerprint density at radius 3 is 2.81 bits per heavy atom. The van der Waals surface area contributed by atoms with E-state index < -0.39 is 10.0 Å². The summed E-state index contributed by atoms with van der Waals surface area (Å²) >= 11 is 0. The molecule has 0 saturated carbocycles. The number of benzene rings is 1. The number of H-pyrrole nitrogens is 1. The van der Waals surface area contributed by atoms with Crippen LogP contribution in [-0.2, 0) is 10.0 Å². The highest BCUT2D eigenvalue weighted by Gasteiger charge is 2.34. The van der Waals surface area contributed by atoms with Crippen molar-refractivity contribution in [1.82, 2.24) is 9.29 Å². The van der Waals surface area contributed by atoms with Crippen LogP contribution in [0.3, 0.4) is 0 Å². The molecule has 1 aromatic heterocycles. The second kappa shape index (κ2) is 5.03. The summed E-state index contributed by atoms with van der Waals surface area (Å²) < 4.78 is 27.6. The van der Waals surface area contributed by atoms with Gasteiger partial charge in [-0.1, -0.05) is 6.92 Å². The van der Waals surface area contributed by atoms with Gasteiger partial charge in [-0.15, -0.1) is 0 Å². The summed E-state index contributed by atoms with van der Waals surface area (Å²) in [6, 6.07) is 5.33. The molecule has 1 aromatic carbocycles. The van der Waals surface area contributed by atoms with Crippen molar-refractivity contribution in [3.8, 4) is 0 Å². The van der Waals surface area contributed by atoms with E-state index in [0.717, 1.165) is 18.4 Å². The van der Waals surface area contributed by atoms with E-state index in [9.17, 15) is 8.42 Å². The van der Waals surface area contributed by atoms with Crippen LogP contribution in [-0.4, -0.2) is 30.3 Å². The molecule has 1 aliphatic heterocycles. The molecule has 0 radical (unpaired) electrons. The second-order valence-electron chi connectivity index (χ2n) is 6.06. The average molecular weight is 307 g/mol. The molecule has 1 saturated heterocycles. The van der Waals surface area contributed by atoms with Gasteiger partial charge in [-0.3, -0.25) is 0 Å². The van der Waals surface area contributed by atoms with Crippen LogP contribution in [0.2, 0.25) is 0 Å². The normalized spacial score (nSPS) is 24.5. The molecule has 3 rings (SSSR count). The zero-order chi connectivity index (χ0) is 15.2. The zero-order valence-electron chi connectivity index (χ0n) is 12.3. The van der Waals surface area contributed by atoms with Crippen molar-refractivity contribution in [2.75, 3.05) is 12.3 Å². The molecule has 5 nitrogen and oxygen atoms in total. The van der Waals surface area contributed by atoms with Gasteiger partial charge in [-0.05, 0) is 43.9 Å². The number of anilines is 1. The Hall–Kier alpha value is -1.53. The van der Waals surface area contributed by atoms with Gasteiger partial charge in [0.15, 0.2) is 0 Å². The predicted octanol–water partition coefficient (Wildman–Crippen LogP) is 2.56. The quantitative estimate of drug-likeness (QED) is 0.837. The largest absolute Gasteiger partial charge is 0.399 e. The van der Waals surface area contributed by atoms with Crippen molar-refractivity contribution in [2.45, 2.75) is 37.6 Å². The Kier molecular flexibility index (Phi) is 3.45. The first-order chi connectivity index (χ1) is 9.89. The van der Waals surface area contributed by atoms with E-state index in [4.69, 9.17) is 5.73 Å². The van der Waals surface area contributed by atoms with Crippen LogP contribution in [0.5, 0.6) is 0 Å². The van der Waals surface area contributed by atoms with E-state index in [1.807, 2.05) is 13.0 Å². The van der Waals surface area contributed by atoms with Crippen LogP contribution in [0.15, 0.2) is 29.3 Å². The molecular formula is C15H21N3O2S. The van der Waals surface area contributed by atoms with E-state index in [1.165, 1.54) is 0 Å². The van der Waals surface area contributed by atoms with Crippen molar-refractivity contribution < 1.29 is 8.42 Å². The van der Waals surface area contributed by atoms with Crippen LogP contribution < -0.4 is 5.73 Å². The molecule has 0 bridgehead atoms. The third kappa shape index (κ3) is 2.42. The molecule has 21 heavy (non-hydrogen) atoms. The summed E-state index contributed by atoms with van der Waals surface area (Å²) in [4.78, 5) is 3.35. The topological polar surface area (TPSA) is 79.2 Å². The molecule has 0 amide bonds. The van der Waals surface area contributed by atoms with Crippen LogP contribution in [0, 0.1) is 5.92 Å². The van der Waals surface area contributed by atoms with Crippen molar-refractivity contribution in [3.63, 3.8) is 0 Å². The number of fused-ring (bicyclic) bond motifs is 1. The Morgan fingerprint density at radius 2 is 2.05 bits per heavy atom. The molecule has 2 atom stereocenters. The van der Waals surface area contributed by atoms with Gasteiger partial charge in [-0.2, -0.15) is 4.31 Å². The second-order valence-corrected chi connectivity index (χ2v) is 7.92. The van der Waals surface area contributed by atoms with Gasteiger partial charge in [0.25, 0.3) is 0 Å². The van der Waals surface area contributed by atoms with E-state index >= 15 is 0 Å². The summed E-state index contributed by atoms with van der Waals surface area (Å²) in [5, 5.41) is 0.667. The van der Waals surface area contributed by atoms with Gasteiger partial charge in [0.2, 0.25) is 10.0 Å². The van der Waals surface area contributed by atoms with E-state index in [0.29, 0.717) is 28.4 Å². The molecule has 2 aromatic rings. The first kappa shape index (κ1) is 14.4. The van der Waals surface area contributed by atoms with E-state index in [-0.39, 0.29) is 6.04 Å². The molecule has 6 heteroatoms. The number of nitrogens with two attached hydrogens (primary N) is 1. The van der Waals surface area contributed by atoms with Crippen molar-refractivity contribution >= 4 is 26.6 Å². The van der Waals surface area contributed by atoms with Crippen molar-refractivity contribution in [1.29, 1.82) is 0 Å². The minimum absolute atomic E-state index is 0.0391. The summed E-state index contributed by atoms with van der Waals surface area (Å²) in [5.74, 6) is 0.395. The fourth-order valence-corrected chi connectivity index (χ4v) is 4.97. The third-order valence-corrected chi connectivity index (χ3v) is 6.33. The summed E-state index contributed by atoms with van der Waals surface area (Å²) in [6.07, 6.45) is 3.56. The SMILES string of the molecule is CC1CCC(C)N(S(=O)(=O)c2c[nH]c3ccc(N)cc23)C1. The highest BCUT2D eigenvalue weighted by atomic mass is 32.2. The summed E-state index contributed by atoms with van der Waals surface area (Å²) in [7, 11) is -3.50. The van der Waals surface area contributed by atoms with Gasteiger partial charge in [0.1, 0.15) is 4.90 Å². The minimum Gasteiger partial charge on any atom is -0.399 e. The number of nitrogens with zero attached hydrogens (tertiary/aromatic N) is 1. The molecule has 2 unspecified atom stereocenters. The third-order valence-electron chi connectivity index (χ3n) is 4.31. The lowest BCUT2D eigenvalue weighted by Crippen LogP contribution is -2.44. The highest BCUT2D eigenvalue weighted by Crippen LogP contribution is 2.32. The predicted molar refractivity (Wildman–Crippen MR) is 84.5 cm³/mol. The molecular weight excluding hydrogens is 286 g/mol. The fourth-order valence-electron chi connectivity index (χ4n) is 3.04. The number of aromatic nitrogens is 1. The molecule has 1 aliphatic rings. The van der Waals surface area contributed by atoms with Gasteiger partial charge in [0, 0.05) is 35.4 Å². The van der Waals surface area contributed by atoms with Crippen LogP contribution in [0.25, 0.3) is 10.9 Å². The fraction of sp³-hybridized carbons (Fsp3) is 0.467. The number of piperidine rings is 1. The molecule has 114 valence electrons. The number of nitrogen functional groups attached to an aromatic ring is 1. The summed E-state index contributed by atoms with van der Waals surface area (Å²) in [5.41, 5.74) is 7.16. The Labute approximate surface area is 125 Å². The number of hydrogen-bond donors (Lipinski definition) is 2. The molecule has 0 aliphatic carbocycles. The number of rotatable bonds is 2. The molecule has 2 heterocycles. The van der Waals surface area contributed by atoms with Crippen molar-refractivity contribution in [3.05, 3.63) is 24.4 Å². The minimum atomic E-state index is -3.50. The van der Waals surface area contributed by atoms with Gasteiger partial charge >= 0.3 is 0 Å². The Morgan fingerprint density at radius 1 is 1.29 bits per heavy atom. The van der Waals surface area contributed by atoms with Gasteiger partial charge in [0.05, 0.1) is 0 Å². The lowest BCUT2D eigenvalue weighted by atomic mass is 9.97. The average Bonchev–Trinajstić information content (AvgIpc) is 2.85. The molecule has 1 fully saturated rings. The van der Waals surface area contributed by atoms with Crippen molar-refractivity contribution in [2.24, 2.45) is 5.92 Å². The number of nitrogens with one attached hydrogen (secondary N) is 1. The Bertz CT molecular complexity index is 766. The first-order valence-corrected chi connectivity index (χ1v) is 8.72. The summed E-state index contributed by atoms with van der Waals surface area (Å²) in [6.45, 7) is 4.66. The maximum Gasteiger partial charge on any atom is 0.245 e. The smallest absolute Gasteiger partial charge is 0.245 e. The lowest BCUT2D eigenvalue weighted by Gasteiger charge is -2.35. The number of sulfonamides is 1. The highest BCUT2D eigenvalue weighted by molar-refractivity contribution is 7.89. The van der Waals surface area contributed by atoms with Crippen LogP contribution >= 0.6 is 0 Å². The van der Waals surface area contributed by atoms with E-state index in [2.05, 4.69) is 11.9 Å². The Balaban J connectivity index is 2.09. The van der Waals surface area contributed by atoms with Crippen LogP contribution in [0.1, 0.15) is 26.7 Å². The molecule has 3 N–H and O–H groups in total. The van der Waals surface area contributed by atoms with Crippen LogP contribution in [0.4, 0.5) is 5.69 Å². The van der Waals surface area contributed by atoms with Gasteiger partial charge < -0.3 is 10.7 Å². The lowest BCUT2D eigenvalue weighted by molar-refractivity contribution is 0.218. The standard InChI is InChI=1S/C15H21N3O2S/c1-10-3-4-11(2)18(9-10)21(19,20)15-8-17-14-6-5-12(16)7-13(14)15/h5-8,10-11,17H,3-4,9,16H2,1-2H3. The maximum absolute atomic E-state index is 13.0. The number of aromatic amines is 1.